The van der Waals surface area contributed by atoms with Gasteiger partial charge in [-0.3, -0.25) is 14.4 Å². The molecule has 7 nitrogen and oxygen atoms in total. The number of hydrogen-bond donors (Lipinski definition) is 2. The van der Waals surface area contributed by atoms with Gasteiger partial charge in [0.15, 0.2) is 5.76 Å². The van der Waals surface area contributed by atoms with Crippen LogP contribution in [-0.2, 0) is 0 Å². The van der Waals surface area contributed by atoms with Crippen molar-refractivity contribution in [2.75, 3.05) is 23.7 Å². The van der Waals surface area contributed by atoms with Gasteiger partial charge in [0.05, 0.1) is 27.4 Å². The van der Waals surface area contributed by atoms with E-state index in [1.165, 1.54) is 17.6 Å². The third kappa shape index (κ3) is 4.69. The number of aryl methyl sites for hydroxylation is 1. The van der Waals surface area contributed by atoms with Gasteiger partial charge in [0.2, 0.25) is 0 Å². The van der Waals surface area contributed by atoms with E-state index in [9.17, 15) is 14.4 Å². The number of carbonyl (C=O) groups excluding carboxylic acids is 3. The number of carbonyl (C=O) groups is 3. The van der Waals surface area contributed by atoms with E-state index in [4.69, 9.17) is 4.42 Å². The summed E-state index contributed by atoms with van der Waals surface area (Å²) in [6.07, 6.45) is 4.57. The Bertz CT molecular complexity index is 1100. The standard InChI is InChI=1S/C23H23N3O4S/c1-15-14-19(25-21(27)18-10-7-13-30-18)31-20(15)22(28)24-17-9-4-3-8-16(17)23(29)26-11-5-2-6-12-26/h3-4,7-10,13-14H,2,5-6,11-12H2,1H3,(H,24,28)(H,25,27). The number of piperidine rings is 1. The summed E-state index contributed by atoms with van der Waals surface area (Å²) in [7, 11) is 0. The molecule has 2 N–H and O–H groups in total. The normalized spacial score (nSPS) is 13.6. The minimum Gasteiger partial charge on any atom is -0.459 e. The van der Waals surface area contributed by atoms with Crippen LogP contribution in [0.2, 0.25) is 0 Å². The molecule has 1 saturated heterocycles. The Morgan fingerprint density at radius 1 is 0.968 bits per heavy atom. The first kappa shape index (κ1) is 20.9. The van der Waals surface area contributed by atoms with Gasteiger partial charge >= 0.3 is 0 Å². The van der Waals surface area contributed by atoms with Crippen molar-refractivity contribution in [2.24, 2.45) is 0 Å². The van der Waals surface area contributed by atoms with Crippen molar-refractivity contribution >= 4 is 39.7 Å². The summed E-state index contributed by atoms with van der Waals surface area (Å²) < 4.78 is 5.09. The van der Waals surface area contributed by atoms with Crippen molar-refractivity contribution in [3.63, 3.8) is 0 Å². The van der Waals surface area contributed by atoms with Crippen molar-refractivity contribution in [1.82, 2.24) is 4.90 Å². The summed E-state index contributed by atoms with van der Waals surface area (Å²) in [5.41, 5.74) is 1.70. The first-order valence-electron chi connectivity index (χ1n) is 10.2. The van der Waals surface area contributed by atoms with Crippen LogP contribution in [0.3, 0.4) is 0 Å². The fourth-order valence-electron chi connectivity index (χ4n) is 3.58. The quantitative estimate of drug-likeness (QED) is 0.601. The molecule has 1 aliphatic heterocycles. The number of para-hydroxylation sites is 1. The lowest BCUT2D eigenvalue weighted by Crippen LogP contribution is -2.36. The number of hydrogen-bond acceptors (Lipinski definition) is 5. The SMILES string of the molecule is Cc1cc(NC(=O)c2ccco2)sc1C(=O)Nc1ccccc1C(=O)N1CCCCC1. The molecule has 1 aliphatic rings. The second-order valence-electron chi connectivity index (χ2n) is 7.41. The Kier molecular flexibility index (Phi) is 6.18. The molecule has 2 aromatic heterocycles. The van der Waals surface area contributed by atoms with Crippen LogP contribution in [0.15, 0.2) is 53.1 Å². The van der Waals surface area contributed by atoms with Crippen molar-refractivity contribution in [1.29, 1.82) is 0 Å². The van der Waals surface area contributed by atoms with E-state index in [-0.39, 0.29) is 23.5 Å². The van der Waals surface area contributed by atoms with Gasteiger partial charge in [0.1, 0.15) is 0 Å². The summed E-state index contributed by atoms with van der Waals surface area (Å²) in [4.78, 5) is 40.4. The van der Waals surface area contributed by atoms with E-state index in [2.05, 4.69) is 10.6 Å². The molecule has 0 spiro atoms. The van der Waals surface area contributed by atoms with Gasteiger partial charge < -0.3 is 20.0 Å². The zero-order chi connectivity index (χ0) is 21.8. The van der Waals surface area contributed by atoms with Crippen LogP contribution in [0.1, 0.15) is 55.4 Å². The fraction of sp³-hybridized carbons (Fsp3) is 0.261. The molecule has 0 aliphatic carbocycles. The number of rotatable bonds is 5. The molecule has 0 bridgehead atoms. The lowest BCUT2D eigenvalue weighted by atomic mass is 10.1. The number of amides is 3. The van der Waals surface area contributed by atoms with Gasteiger partial charge in [-0.05, 0) is 62.1 Å². The predicted molar refractivity (Wildman–Crippen MR) is 120 cm³/mol. The highest BCUT2D eigenvalue weighted by Gasteiger charge is 2.23. The number of nitrogens with zero attached hydrogens (tertiary/aromatic N) is 1. The number of nitrogens with one attached hydrogen (secondary N) is 2. The molecular formula is C23H23N3O4S. The van der Waals surface area contributed by atoms with Crippen LogP contribution in [0.5, 0.6) is 0 Å². The van der Waals surface area contributed by atoms with Crippen LogP contribution >= 0.6 is 11.3 Å². The van der Waals surface area contributed by atoms with E-state index in [1.807, 2.05) is 4.90 Å². The lowest BCUT2D eigenvalue weighted by Gasteiger charge is -2.27. The number of thiophene rings is 1. The minimum absolute atomic E-state index is 0.0649. The average Bonchev–Trinajstić information content (AvgIpc) is 3.44. The summed E-state index contributed by atoms with van der Waals surface area (Å²) in [5.74, 6) is -0.567. The molecule has 31 heavy (non-hydrogen) atoms. The van der Waals surface area contributed by atoms with E-state index >= 15 is 0 Å². The second kappa shape index (κ2) is 9.18. The molecule has 3 heterocycles. The van der Waals surface area contributed by atoms with Crippen LogP contribution < -0.4 is 10.6 Å². The van der Waals surface area contributed by atoms with Gasteiger partial charge in [0, 0.05) is 13.1 Å². The van der Waals surface area contributed by atoms with Crippen LogP contribution in [0.25, 0.3) is 0 Å². The molecule has 3 aromatic rings. The van der Waals surface area contributed by atoms with E-state index in [0.29, 0.717) is 21.1 Å². The van der Waals surface area contributed by atoms with Gasteiger partial charge in [-0.15, -0.1) is 11.3 Å². The molecule has 0 atom stereocenters. The van der Waals surface area contributed by atoms with Gasteiger partial charge in [-0.2, -0.15) is 0 Å². The Morgan fingerprint density at radius 2 is 1.74 bits per heavy atom. The molecular weight excluding hydrogens is 414 g/mol. The first-order chi connectivity index (χ1) is 15.0. The Morgan fingerprint density at radius 3 is 2.48 bits per heavy atom. The highest BCUT2D eigenvalue weighted by Crippen LogP contribution is 2.29. The van der Waals surface area contributed by atoms with Crippen LogP contribution in [-0.4, -0.2) is 35.7 Å². The molecule has 8 heteroatoms. The summed E-state index contributed by atoms with van der Waals surface area (Å²) in [6.45, 7) is 3.28. The Hall–Kier alpha value is -3.39. The largest absolute Gasteiger partial charge is 0.459 e. The molecule has 0 saturated carbocycles. The third-order valence-electron chi connectivity index (χ3n) is 5.15. The van der Waals surface area contributed by atoms with Gasteiger partial charge in [-0.25, -0.2) is 0 Å². The highest BCUT2D eigenvalue weighted by atomic mass is 32.1. The predicted octanol–water partition coefficient (Wildman–Crippen LogP) is 4.78. The average molecular weight is 438 g/mol. The maximum absolute atomic E-state index is 13.0. The van der Waals surface area contributed by atoms with Crippen molar-refractivity contribution in [3.8, 4) is 0 Å². The number of anilines is 2. The fourth-order valence-corrected chi connectivity index (χ4v) is 4.54. The van der Waals surface area contributed by atoms with Crippen molar-refractivity contribution in [3.05, 3.63) is 70.5 Å². The third-order valence-corrected chi connectivity index (χ3v) is 6.31. The Balaban J connectivity index is 1.49. The molecule has 3 amide bonds. The molecule has 1 fully saturated rings. The van der Waals surface area contributed by atoms with Gasteiger partial charge in [0.25, 0.3) is 17.7 Å². The zero-order valence-corrected chi connectivity index (χ0v) is 18.0. The Labute approximate surface area is 184 Å². The summed E-state index contributed by atoms with van der Waals surface area (Å²) in [5, 5.41) is 6.16. The second-order valence-corrected chi connectivity index (χ2v) is 8.46. The van der Waals surface area contributed by atoms with Crippen molar-refractivity contribution < 1.29 is 18.8 Å². The number of likely N-dealkylation sites (tertiary alicyclic amines) is 1. The van der Waals surface area contributed by atoms with E-state index in [0.717, 1.165) is 37.9 Å². The lowest BCUT2D eigenvalue weighted by molar-refractivity contribution is 0.0725. The summed E-state index contributed by atoms with van der Waals surface area (Å²) in [6, 6.07) is 12.0. The summed E-state index contributed by atoms with van der Waals surface area (Å²) >= 11 is 1.17. The van der Waals surface area contributed by atoms with Crippen LogP contribution in [0.4, 0.5) is 10.7 Å². The van der Waals surface area contributed by atoms with Gasteiger partial charge in [-0.1, -0.05) is 12.1 Å². The molecule has 160 valence electrons. The topological polar surface area (TPSA) is 91.6 Å². The number of benzene rings is 1. The maximum atomic E-state index is 13.0. The van der Waals surface area contributed by atoms with E-state index < -0.39 is 0 Å². The first-order valence-corrected chi connectivity index (χ1v) is 11.0. The smallest absolute Gasteiger partial charge is 0.291 e. The zero-order valence-electron chi connectivity index (χ0n) is 17.1. The minimum atomic E-state index is -0.379. The molecule has 1 aromatic carbocycles. The molecule has 4 rings (SSSR count). The molecule has 0 unspecified atom stereocenters. The van der Waals surface area contributed by atoms with Crippen molar-refractivity contribution in [2.45, 2.75) is 26.2 Å². The number of furan rings is 1. The maximum Gasteiger partial charge on any atom is 0.291 e. The molecule has 0 radical (unpaired) electrons. The monoisotopic (exact) mass is 437 g/mol. The highest BCUT2D eigenvalue weighted by molar-refractivity contribution is 7.18. The van der Waals surface area contributed by atoms with E-state index in [1.54, 1.807) is 49.4 Å². The van der Waals surface area contributed by atoms with Crippen LogP contribution in [0, 0.1) is 6.92 Å².